The Bertz CT molecular complexity index is 208. The van der Waals surface area contributed by atoms with E-state index in [1.807, 2.05) is 0 Å². The molecular formula is C8H16N4S. The molecule has 1 heterocycles. The number of likely N-dealkylation sites (N-methyl/N-ethyl adjacent to an activating group) is 1. The van der Waals surface area contributed by atoms with Crippen molar-refractivity contribution in [2.45, 2.75) is 13.8 Å². The van der Waals surface area contributed by atoms with Crippen LogP contribution in [-0.2, 0) is 0 Å². The maximum Gasteiger partial charge on any atom is 0.205 e. The zero-order valence-electron chi connectivity index (χ0n) is 8.16. The smallest absolute Gasteiger partial charge is 0.205 e. The molecule has 0 saturated heterocycles. The lowest BCUT2D eigenvalue weighted by Gasteiger charge is -2.17. The Morgan fingerprint density at radius 1 is 1.46 bits per heavy atom. The van der Waals surface area contributed by atoms with E-state index in [4.69, 9.17) is 0 Å². The van der Waals surface area contributed by atoms with E-state index in [0.717, 1.165) is 31.3 Å². The monoisotopic (exact) mass is 200 g/mol. The summed E-state index contributed by atoms with van der Waals surface area (Å²) in [4.78, 5) is 2.37. The number of hydrogen-bond donors (Lipinski definition) is 1. The summed E-state index contributed by atoms with van der Waals surface area (Å²) < 4.78 is 0. The fourth-order valence-electron chi connectivity index (χ4n) is 1.11. The minimum absolute atomic E-state index is 0.909. The van der Waals surface area contributed by atoms with Crippen molar-refractivity contribution >= 4 is 16.5 Å². The van der Waals surface area contributed by atoms with E-state index in [0.29, 0.717) is 0 Å². The first-order valence-corrected chi connectivity index (χ1v) is 5.47. The van der Waals surface area contributed by atoms with Crippen molar-refractivity contribution in [1.29, 1.82) is 0 Å². The van der Waals surface area contributed by atoms with E-state index in [1.165, 1.54) is 11.3 Å². The summed E-state index contributed by atoms with van der Waals surface area (Å²) in [6, 6.07) is 0. The number of anilines is 1. The molecule has 74 valence electrons. The van der Waals surface area contributed by atoms with Gasteiger partial charge in [-0.15, -0.1) is 10.2 Å². The Morgan fingerprint density at radius 3 is 2.77 bits per heavy atom. The molecule has 5 heteroatoms. The molecule has 0 aliphatic heterocycles. The average Bonchev–Trinajstić information content (AvgIpc) is 2.65. The molecule has 0 aliphatic rings. The van der Waals surface area contributed by atoms with E-state index in [2.05, 4.69) is 34.3 Å². The van der Waals surface area contributed by atoms with Gasteiger partial charge in [0.2, 0.25) is 5.13 Å². The van der Waals surface area contributed by atoms with E-state index in [1.54, 1.807) is 5.51 Å². The number of hydrogen-bond acceptors (Lipinski definition) is 5. The van der Waals surface area contributed by atoms with E-state index >= 15 is 0 Å². The molecule has 1 N–H and O–H groups in total. The quantitative estimate of drug-likeness (QED) is 0.751. The van der Waals surface area contributed by atoms with Crippen LogP contribution in [0.15, 0.2) is 5.51 Å². The SMILES string of the molecule is CCN(CC)CCNc1nncs1. The largest absolute Gasteiger partial charge is 0.359 e. The highest BCUT2D eigenvalue weighted by molar-refractivity contribution is 7.13. The van der Waals surface area contributed by atoms with Crippen LogP contribution < -0.4 is 5.32 Å². The summed E-state index contributed by atoms with van der Waals surface area (Å²) in [7, 11) is 0. The molecule has 0 fully saturated rings. The highest BCUT2D eigenvalue weighted by Gasteiger charge is 1.98. The maximum atomic E-state index is 3.90. The van der Waals surface area contributed by atoms with Crippen molar-refractivity contribution in [3.8, 4) is 0 Å². The lowest BCUT2D eigenvalue weighted by Crippen LogP contribution is -2.28. The van der Waals surface area contributed by atoms with Gasteiger partial charge in [-0.1, -0.05) is 25.2 Å². The molecule has 1 aromatic heterocycles. The Labute approximate surface area is 83.0 Å². The first-order chi connectivity index (χ1) is 6.36. The molecule has 0 unspecified atom stereocenters. The molecule has 13 heavy (non-hydrogen) atoms. The average molecular weight is 200 g/mol. The first kappa shape index (κ1) is 10.4. The molecule has 1 rings (SSSR count). The van der Waals surface area contributed by atoms with Gasteiger partial charge in [0, 0.05) is 13.1 Å². The van der Waals surface area contributed by atoms with Crippen LogP contribution in [0.3, 0.4) is 0 Å². The Morgan fingerprint density at radius 2 is 2.23 bits per heavy atom. The van der Waals surface area contributed by atoms with Crippen LogP contribution in [0.4, 0.5) is 5.13 Å². The number of nitrogens with zero attached hydrogens (tertiary/aromatic N) is 3. The molecule has 1 aromatic rings. The highest BCUT2D eigenvalue weighted by Crippen LogP contribution is 2.06. The van der Waals surface area contributed by atoms with Crippen molar-refractivity contribution in [3.05, 3.63) is 5.51 Å². The number of rotatable bonds is 6. The van der Waals surface area contributed by atoms with Crippen LogP contribution in [0, 0.1) is 0 Å². The van der Waals surface area contributed by atoms with Crippen LogP contribution in [-0.4, -0.2) is 41.3 Å². The summed E-state index contributed by atoms with van der Waals surface area (Å²) in [5, 5.41) is 11.8. The summed E-state index contributed by atoms with van der Waals surface area (Å²) >= 11 is 1.54. The van der Waals surface area contributed by atoms with Gasteiger partial charge < -0.3 is 10.2 Å². The number of nitrogens with one attached hydrogen (secondary N) is 1. The Hall–Kier alpha value is -0.680. The normalized spacial score (nSPS) is 10.7. The third kappa shape index (κ3) is 3.69. The predicted octanol–water partition coefficient (Wildman–Crippen LogP) is 1.29. The summed E-state index contributed by atoms with van der Waals surface area (Å²) in [5.41, 5.74) is 1.74. The van der Waals surface area contributed by atoms with Gasteiger partial charge in [0.1, 0.15) is 5.51 Å². The second-order valence-electron chi connectivity index (χ2n) is 2.70. The second-order valence-corrected chi connectivity index (χ2v) is 3.53. The maximum absolute atomic E-state index is 3.90. The Kier molecular flexibility index (Phi) is 4.70. The first-order valence-electron chi connectivity index (χ1n) is 4.59. The van der Waals surface area contributed by atoms with Gasteiger partial charge in [-0.25, -0.2) is 0 Å². The van der Waals surface area contributed by atoms with Crippen molar-refractivity contribution in [1.82, 2.24) is 15.1 Å². The van der Waals surface area contributed by atoms with Crippen LogP contribution in [0.5, 0.6) is 0 Å². The minimum Gasteiger partial charge on any atom is -0.359 e. The van der Waals surface area contributed by atoms with Crippen LogP contribution in [0.1, 0.15) is 13.8 Å². The third-order valence-electron chi connectivity index (χ3n) is 1.96. The zero-order chi connectivity index (χ0) is 9.52. The van der Waals surface area contributed by atoms with Gasteiger partial charge in [0.05, 0.1) is 0 Å². The lowest BCUT2D eigenvalue weighted by molar-refractivity contribution is 0.316. The summed E-state index contributed by atoms with van der Waals surface area (Å²) in [6.45, 7) is 8.56. The highest BCUT2D eigenvalue weighted by atomic mass is 32.1. The van der Waals surface area contributed by atoms with Gasteiger partial charge in [-0.2, -0.15) is 0 Å². The van der Waals surface area contributed by atoms with E-state index in [9.17, 15) is 0 Å². The van der Waals surface area contributed by atoms with Crippen LogP contribution >= 0.6 is 11.3 Å². The zero-order valence-corrected chi connectivity index (χ0v) is 8.97. The third-order valence-corrected chi connectivity index (χ3v) is 2.61. The van der Waals surface area contributed by atoms with E-state index in [-0.39, 0.29) is 0 Å². The molecule has 0 aromatic carbocycles. The predicted molar refractivity (Wildman–Crippen MR) is 56.2 cm³/mol. The van der Waals surface area contributed by atoms with Crippen molar-refractivity contribution in [2.24, 2.45) is 0 Å². The molecule has 0 aliphatic carbocycles. The van der Waals surface area contributed by atoms with Gasteiger partial charge in [-0.3, -0.25) is 0 Å². The molecule has 0 saturated carbocycles. The topological polar surface area (TPSA) is 41.0 Å². The molecule has 4 nitrogen and oxygen atoms in total. The van der Waals surface area contributed by atoms with Crippen LogP contribution in [0.25, 0.3) is 0 Å². The van der Waals surface area contributed by atoms with Crippen LogP contribution in [0.2, 0.25) is 0 Å². The summed E-state index contributed by atoms with van der Waals surface area (Å²) in [5.74, 6) is 0. The molecule has 0 atom stereocenters. The van der Waals surface area contributed by atoms with Gasteiger partial charge in [0.25, 0.3) is 0 Å². The van der Waals surface area contributed by atoms with Gasteiger partial charge in [0.15, 0.2) is 0 Å². The van der Waals surface area contributed by atoms with Crippen molar-refractivity contribution in [3.63, 3.8) is 0 Å². The second kappa shape index (κ2) is 5.88. The van der Waals surface area contributed by atoms with Crippen molar-refractivity contribution < 1.29 is 0 Å². The molecule has 0 bridgehead atoms. The molecular weight excluding hydrogens is 184 g/mol. The lowest BCUT2D eigenvalue weighted by atomic mass is 10.5. The fraction of sp³-hybridized carbons (Fsp3) is 0.750. The van der Waals surface area contributed by atoms with Gasteiger partial charge in [-0.05, 0) is 13.1 Å². The van der Waals surface area contributed by atoms with E-state index < -0.39 is 0 Å². The van der Waals surface area contributed by atoms with Gasteiger partial charge >= 0.3 is 0 Å². The molecule has 0 spiro atoms. The minimum atomic E-state index is 0.909. The van der Waals surface area contributed by atoms with Crippen molar-refractivity contribution in [2.75, 3.05) is 31.5 Å². The Balaban J connectivity index is 2.13. The fourth-order valence-corrected chi connectivity index (χ4v) is 1.58. The molecule has 0 radical (unpaired) electrons. The molecule has 0 amide bonds. The number of aromatic nitrogens is 2. The summed E-state index contributed by atoms with van der Waals surface area (Å²) in [6.07, 6.45) is 0. The standard InChI is InChI=1S/C8H16N4S/c1-3-12(4-2)6-5-9-8-11-10-7-13-8/h7H,3-6H2,1-2H3,(H,9,11).